The number of aromatic amines is 1. The number of hydrogen-bond donors (Lipinski definition) is 1. The minimum atomic E-state index is -4.17. The third-order valence-electron chi connectivity index (χ3n) is 2.79. The van der Waals surface area contributed by atoms with E-state index in [0.29, 0.717) is 6.54 Å². The van der Waals surface area contributed by atoms with Gasteiger partial charge in [0.15, 0.2) is 4.90 Å². The van der Waals surface area contributed by atoms with Crippen molar-refractivity contribution in [3.63, 3.8) is 0 Å². The highest BCUT2D eigenvalue weighted by Crippen LogP contribution is 2.07. The number of hydrogen-bond acceptors (Lipinski definition) is 5. The average Bonchev–Trinajstić information content (AvgIpc) is 2.31. The summed E-state index contributed by atoms with van der Waals surface area (Å²) < 4.78 is 23.5. The highest BCUT2D eigenvalue weighted by Gasteiger charge is 2.17. The monoisotopic (exact) mass is 309 g/mol. The third kappa shape index (κ3) is 4.19. The van der Waals surface area contributed by atoms with Crippen LogP contribution in [0.25, 0.3) is 0 Å². The number of nitrogens with zero attached hydrogens (tertiary/aromatic N) is 2. The standard InChI is InChI=1S/C10H16ClN3O4S/c1-3-13(4-2)5-6-14-7-8(19(11,17)18)9(15)12-10(14)16/h7H,3-6H2,1-2H3,(H,12,15,16). The molecule has 0 saturated carbocycles. The van der Waals surface area contributed by atoms with Gasteiger partial charge in [0.25, 0.3) is 14.6 Å². The second kappa shape index (κ2) is 6.36. The van der Waals surface area contributed by atoms with Crippen molar-refractivity contribution in [3.8, 4) is 0 Å². The van der Waals surface area contributed by atoms with E-state index < -0.39 is 25.2 Å². The summed E-state index contributed by atoms with van der Waals surface area (Å²) in [5.74, 6) is 0. The molecule has 0 saturated heterocycles. The molecule has 1 aromatic heterocycles. The maximum atomic E-state index is 11.6. The summed E-state index contributed by atoms with van der Waals surface area (Å²) in [6.45, 7) is 6.43. The fourth-order valence-electron chi connectivity index (χ4n) is 1.62. The lowest BCUT2D eigenvalue weighted by molar-refractivity contribution is 0.288. The van der Waals surface area contributed by atoms with E-state index in [9.17, 15) is 18.0 Å². The minimum absolute atomic E-state index is 0.275. The summed E-state index contributed by atoms with van der Waals surface area (Å²) in [5, 5.41) is 0. The SMILES string of the molecule is CCN(CC)CCn1cc(S(=O)(=O)Cl)c(=O)[nH]c1=O. The lowest BCUT2D eigenvalue weighted by Gasteiger charge is -2.18. The lowest BCUT2D eigenvalue weighted by atomic mass is 10.4. The summed E-state index contributed by atoms with van der Waals surface area (Å²) in [6, 6.07) is 0. The Hall–Kier alpha value is -1.12. The van der Waals surface area contributed by atoms with Gasteiger partial charge in [0.1, 0.15) is 0 Å². The summed E-state index contributed by atoms with van der Waals surface area (Å²) in [6.07, 6.45) is 0.979. The quantitative estimate of drug-likeness (QED) is 0.735. The average molecular weight is 310 g/mol. The summed E-state index contributed by atoms with van der Waals surface area (Å²) in [7, 11) is 0.965. The van der Waals surface area contributed by atoms with Crippen LogP contribution in [0.1, 0.15) is 13.8 Å². The van der Waals surface area contributed by atoms with Gasteiger partial charge in [0.05, 0.1) is 0 Å². The molecule has 9 heteroatoms. The molecule has 0 aliphatic rings. The Kier molecular flexibility index (Phi) is 5.33. The highest BCUT2D eigenvalue weighted by molar-refractivity contribution is 8.13. The van der Waals surface area contributed by atoms with Crippen LogP contribution in [-0.2, 0) is 15.6 Å². The van der Waals surface area contributed by atoms with Gasteiger partial charge in [0, 0.05) is 30.0 Å². The maximum Gasteiger partial charge on any atom is 0.328 e. The Balaban J connectivity index is 3.10. The van der Waals surface area contributed by atoms with Crippen LogP contribution in [0, 0.1) is 0 Å². The largest absolute Gasteiger partial charge is 0.328 e. The van der Waals surface area contributed by atoms with E-state index in [2.05, 4.69) is 4.90 Å². The zero-order valence-electron chi connectivity index (χ0n) is 10.7. The van der Waals surface area contributed by atoms with Crippen molar-refractivity contribution in [2.24, 2.45) is 0 Å². The highest BCUT2D eigenvalue weighted by atomic mass is 35.7. The Morgan fingerprint density at radius 1 is 1.32 bits per heavy atom. The first-order valence-corrected chi connectivity index (χ1v) is 8.11. The first kappa shape index (κ1) is 15.9. The number of nitrogens with one attached hydrogen (secondary N) is 1. The maximum absolute atomic E-state index is 11.6. The molecule has 19 heavy (non-hydrogen) atoms. The van der Waals surface area contributed by atoms with E-state index in [4.69, 9.17) is 10.7 Å². The second-order valence-corrected chi connectivity index (χ2v) is 6.45. The van der Waals surface area contributed by atoms with Gasteiger partial charge in [-0.2, -0.15) is 0 Å². The fraction of sp³-hybridized carbons (Fsp3) is 0.600. The van der Waals surface area contributed by atoms with Crippen molar-refractivity contribution in [2.75, 3.05) is 19.6 Å². The van der Waals surface area contributed by atoms with Crippen LogP contribution in [0.2, 0.25) is 0 Å². The predicted molar refractivity (Wildman–Crippen MR) is 72.1 cm³/mol. The van der Waals surface area contributed by atoms with Gasteiger partial charge >= 0.3 is 5.69 Å². The topological polar surface area (TPSA) is 92.2 Å². The molecule has 0 aromatic carbocycles. The molecule has 0 aliphatic heterocycles. The van der Waals surface area contributed by atoms with E-state index in [1.807, 2.05) is 18.8 Å². The van der Waals surface area contributed by atoms with Crippen LogP contribution in [0.4, 0.5) is 0 Å². The Bertz CT molecular complexity index is 645. The number of aromatic nitrogens is 2. The van der Waals surface area contributed by atoms with Crippen LogP contribution in [0.15, 0.2) is 20.7 Å². The molecule has 0 bridgehead atoms. The first-order chi connectivity index (χ1) is 8.79. The van der Waals surface area contributed by atoms with E-state index >= 15 is 0 Å². The van der Waals surface area contributed by atoms with Crippen molar-refractivity contribution in [2.45, 2.75) is 25.3 Å². The van der Waals surface area contributed by atoms with Crippen molar-refractivity contribution in [1.29, 1.82) is 0 Å². The van der Waals surface area contributed by atoms with Crippen LogP contribution in [-0.4, -0.2) is 42.5 Å². The van der Waals surface area contributed by atoms with E-state index in [-0.39, 0.29) is 6.54 Å². The third-order valence-corrected chi connectivity index (χ3v) is 4.11. The van der Waals surface area contributed by atoms with Crippen LogP contribution in [0.5, 0.6) is 0 Å². The molecular formula is C10H16ClN3O4S. The molecule has 0 fully saturated rings. The second-order valence-electron chi connectivity index (χ2n) is 3.91. The summed E-state index contributed by atoms with van der Waals surface area (Å²) >= 11 is 0. The van der Waals surface area contributed by atoms with Gasteiger partial charge in [-0.3, -0.25) is 14.3 Å². The molecule has 7 nitrogen and oxygen atoms in total. The summed E-state index contributed by atoms with van der Waals surface area (Å²) in [5.41, 5.74) is -1.65. The minimum Gasteiger partial charge on any atom is -0.302 e. The molecule has 0 spiro atoms. The smallest absolute Gasteiger partial charge is 0.302 e. The van der Waals surface area contributed by atoms with Gasteiger partial charge in [-0.15, -0.1) is 0 Å². The molecule has 1 N–H and O–H groups in total. The molecule has 1 heterocycles. The van der Waals surface area contributed by atoms with Gasteiger partial charge in [0.2, 0.25) is 0 Å². The Morgan fingerprint density at radius 2 is 1.89 bits per heavy atom. The van der Waals surface area contributed by atoms with Gasteiger partial charge in [-0.05, 0) is 13.1 Å². The molecule has 1 rings (SSSR count). The van der Waals surface area contributed by atoms with E-state index in [1.54, 1.807) is 0 Å². The molecule has 108 valence electrons. The van der Waals surface area contributed by atoms with Gasteiger partial charge < -0.3 is 4.90 Å². The Morgan fingerprint density at radius 3 is 2.37 bits per heavy atom. The number of rotatable bonds is 6. The normalized spacial score (nSPS) is 12.0. The Labute approximate surface area is 115 Å². The van der Waals surface area contributed by atoms with Gasteiger partial charge in [-0.25, -0.2) is 13.2 Å². The van der Waals surface area contributed by atoms with E-state index in [0.717, 1.165) is 23.9 Å². The van der Waals surface area contributed by atoms with Crippen molar-refractivity contribution in [1.82, 2.24) is 14.5 Å². The lowest BCUT2D eigenvalue weighted by Crippen LogP contribution is -2.35. The molecular weight excluding hydrogens is 294 g/mol. The molecule has 0 amide bonds. The first-order valence-electron chi connectivity index (χ1n) is 5.80. The number of H-pyrrole nitrogens is 1. The zero-order chi connectivity index (χ0) is 14.6. The molecule has 0 atom stereocenters. The zero-order valence-corrected chi connectivity index (χ0v) is 12.3. The molecule has 1 aromatic rings. The fourth-order valence-corrected chi connectivity index (χ4v) is 2.47. The molecule has 0 aliphatic carbocycles. The molecule has 0 radical (unpaired) electrons. The number of halogens is 1. The van der Waals surface area contributed by atoms with Crippen molar-refractivity contribution >= 4 is 19.7 Å². The van der Waals surface area contributed by atoms with Crippen LogP contribution < -0.4 is 11.2 Å². The summed E-state index contributed by atoms with van der Waals surface area (Å²) in [4.78, 5) is 26.3. The van der Waals surface area contributed by atoms with Crippen molar-refractivity contribution < 1.29 is 8.42 Å². The van der Waals surface area contributed by atoms with E-state index in [1.165, 1.54) is 0 Å². The van der Waals surface area contributed by atoms with Gasteiger partial charge in [-0.1, -0.05) is 13.8 Å². The molecule has 0 unspecified atom stereocenters. The van der Waals surface area contributed by atoms with Crippen molar-refractivity contribution in [3.05, 3.63) is 27.0 Å². The van der Waals surface area contributed by atoms with Crippen LogP contribution in [0.3, 0.4) is 0 Å². The predicted octanol–water partition coefficient (Wildman–Crippen LogP) is -0.194. The number of likely N-dealkylation sites (N-methyl/N-ethyl adjacent to an activating group) is 1. The van der Waals surface area contributed by atoms with Crippen LogP contribution >= 0.6 is 10.7 Å².